The van der Waals surface area contributed by atoms with E-state index in [4.69, 9.17) is 9.47 Å². The molecule has 442 valence electrons. The van der Waals surface area contributed by atoms with Crippen molar-refractivity contribution in [1.82, 2.24) is 9.13 Å². The molecule has 2 aromatic heterocycles. The van der Waals surface area contributed by atoms with E-state index in [0.717, 1.165) is 116 Å². The van der Waals surface area contributed by atoms with Crippen LogP contribution in [-0.2, 0) is 10.8 Å². The molecule has 2 N–H and O–H groups in total. The fraction of sp³-hybridized carbons (Fsp3) is 0.377. The molecule has 1 aliphatic rings. The highest BCUT2D eigenvalue weighted by molar-refractivity contribution is 6.11. The first kappa shape index (κ1) is 59.2. The molecule has 0 saturated heterocycles. The SMILES string of the molecule is Cc1cc(F)c(OC[C@@H]2CCCC[C@H]2COc2ccc(F)cc2-c2cc(C(C)(C)CC(C)(C)C)cc(-n3c4cc(C)ccc4c4ccc(C)cc43)c2O)c(-c2cc(C(C)(C)CC(C)(C)C)cc(-n3c4cc(C)ccc4c4ccc(C)cc43)c2O)c1. The van der Waals surface area contributed by atoms with Crippen LogP contribution in [-0.4, -0.2) is 32.6 Å². The van der Waals surface area contributed by atoms with Crippen molar-refractivity contribution >= 4 is 43.6 Å². The molecular formula is C77H86F2N2O4. The molecule has 0 amide bonds. The summed E-state index contributed by atoms with van der Waals surface area (Å²) >= 11 is 0. The fourth-order valence-corrected chi connectivity index (χ4v) is 14.6. The van der Waals surface area contributed by atoms with Crippen molar-refractivity contribution < 1.29 is 28.5 Å². The number of aryl methyl sites for hydroxylation is 5. The number of benzene rings is 8. The fourth-order valence-electron chi connectivity index (χ4n) is 14.6. The molecule has 11 rings (SSSR count). The first-order valence-corrected chi connectivity index (χ1v) is 30.7. The average Bonchev–Trinajstić information content (AvgIpc) is 1.78. The lowest BCUT2D eigenvalue weighted by molar-refractivity contribution is 0.104. The zero-order valence-corrected chi connectivity index (χ0v) is 52.8. The highest BCUT2D eigenvalue weighted by atomic mass is 19.1. The number of rotatable bonds is 14. The number of ether oxygens (including phenoxy) is 2. The molecule has 10 aromatic rings. The molecule has 8 heteroatoms. The van der Waals surface area contributed by atoms with Gasteiger partial charge in [-0.05, 0) is 212 Å². The topological polar surface area (TPSA) is 68.8 Å². The maximum atomic E-state index is 17.1. The van der Waals surface area contributed by atoms with Crippen molar-refractivity contribution in [3.05, 3.63) is 178 Å². The zero-order valence-electron chi connectivity index (χ0n) is 52.8. The maximum absolute atomic E-state index is 17.1. The monoisotopic (exact) mass is 1140 g/mol. The largest absolute Gasteiger partial charge is 0.505 e. The minimum absolute atomic E-state index is 0.0117. The Hall–Kier alpha value is -7.58. The summed E-state index contributed by atoms with van der Waals surface area (Å²) in [4.78, 5) is 0. The van der Waals surface area contributed by atoms with E-state index < -0.39 is 11.6 Å². The number of nitrogens with zero attached hydrogens (tertiary/aromatic N) is 2. The Morgan fingerprint density at radius 1 is 0.435 bits per heavy atom. The Bertz CT molecular complexity index is 4120. The van der Waals surface area contributed by atoms with Crippen LogP contribution in [0, 0.1) is 68.9 Å². The highest BCUT2D eigenvalue weighted by Crippen LogP contribution is 2.51. The highest BCUT2D eigenvalue weighted by Gasteiger charge is 2.35. The number of hydrogen-bond acceptors (Lipinski definition) is 4. The summed E-state index contributed by atoms with van der Waals surface area (Å²) in [6, 6.07) is 42.3. The second-order valence-electron chi connectivity index (χ2n) is 29.0. The van der Waals surface area contributed by atoms with Gasteiger partial charge in [-0.2, -0.15) is 0 Å². The molecule has 1 saturated carbocycles. The normalized spacial score (nSPS) is 15.4. The van der Waals surface area contributed by atoms with Crippen LogP contribution in [0.3, 0.4) is 0 Å². The van der Waals surface area contributed by atoms with Crippen molar-refractivity contribution in [2.75, 3.05) is 13.2 Å². The third-order valence-corrected chi connectivity index (χ3v) is 18.0. The molecule has 85 heavy (non-hydrogen) atoms. The van der Waals surface area contributed by atoms with Gasteiger partial charge in [-0.1, -0.05) is 131 Å². The first-order valence-electron chi connectivity index (χ1n) is 30.7. The number of phenols is 2. The first-order chi connectivity index (χ1) is 40.0. The predicted molar refractivity (Wildman–Crippen MR) is 350 cm³/mol. The van der Waals surface area contributed by atoms with Crippen molar-refractivity contribution in [3.8, 4) is 56.6 Å². The van der Waals surface area contributed by atoms with Gasteiger partial charge in [0.25, 0.3) is 0 Å². The maximum Gasteiger partial charge on any atom is 0.165 e. The lowest BCUT2D eigenvalue weighted by atomic mass is 9.71. The van der Waals surface area contributed by atoms with Crippen molar-refractivity contribution in [2.45, 2.75) is 153 Å². The van der Waals surface area contributed by atoms with Gasteiger partial charge in [-0.25, -0.2) is 8.78 Å². The lowest BCUT2D eigenvalue weighted by Gasteiger charge is -2.34. The Morgan fingerprint density at radius 3 is 1.25 bits per heavy atom. The van der Waals surface area contributed by atoms with Crippen molar-refractivity contribution in [1.29, 1.82) is 0 Å². The van der Waals surface area contributed by atoms with Crippen LogP contribution in [0.1, 0.15) is 147 Å². The summed E-state index contributed by atoms with van der Waals surface area (Å²) in [7, 11) is 0. The minimum Gasteiger partial charge on any atom is -0.505 e. The molecule has 1 aliphatic carbocycles. The Morgan fingerprint density at radius 2 is 0.835 bits per heavy atom. The Kier molecular flexibility index (Phi) is 15.3. The third kappa shape index (κ3) is 11.7. The van der Waals surface area contributed by atoms with Crippen LogP contribution in [0.2, 0.25) is 0 Å². The van der Waals surface area contributed by atoms with E-state index in [1.165, 1.54) is 18.2 Å². The number of aromatic nitrogens is 2. The predicted octanol–water partition coefficient (Wildman–Crippen LogP) is 21.1. The van der Waals surface area contributed by atoms with Crippen LogP contribution in [0.15, 0.2) is 127 Å². The van der Waals surface area contributed by atoms with Crippen LogP contribution in [0.25, 0.3) is 77.2 Å². The molecule has 2 heterocycles. The van der Waals surface area contributed by atoms with Gasteiger partial charge in [-0.3, -0.25) is 0 Å². The van der Waals surface area contributed by atoms with Gasteiger partial charge >= 0.3 is 0 Å². The molecule has 6 nitrogen and oxygen atoms in total. The van der Waals surface area contributed by atoms with Gasteiger partial charge in [0.2, 0.25) is 0 Å². The molecule has 1 fully saturated rings. The summed E-state index contributed by atoms with van der Waals surface area (Å²) in [5, 5.41) is 30.2. The Balaban J connectivity index is 0.969. The summed E-state index contributed by atoms with van der Waals surface area (Å²) in [6.07, 6.45) is 5.40. The number of aromatic hydroxyl groups is 2. The Labute approximate surface area is 502 Å². The number of phenolic OH excluding ortho intramolecular Hbond substituents is 2. The smallest absolute Gasteiger partial charge is 0.165 e. The van der Waals surface area contributed by atoms with Crippen LogP contribution >= 0.6 is 0 Å². The van der Waals surface area contributed by atoms with Gasteiger partial charge in [0, 0.05) is 43.8 Å². The van der Waals surface area contributed by atoms with Crippen molar-refractivity contribution in [3.63, 3.8) is 0 Å². The van der Waals surface area contributed by atoms with Gasteiger partial charge < -0.3 is 28.8 Å². The molecule has 2 atom stereocenters. The van der Waals surface area contributed by atoms with Crippen LogP contribution < -0.4 is 9.47 Å². The van der Waals surface area contributed by atoms with E-state index in [0.29, 0.717) is 51.5 Å². The van der Waals surface area contributed by atoms with Gasteiger partial charge in [0.15, 0.2) is 11.6 Å². The summed E-state index contributed by atoms with van der Waals surface area (Å²) in [5.74, 6) is -0.274. The molecular weight excluding hydrogens is 1050 g/mol. The summed E-state index contributed by atoms with van der Waals surface area (Å²) < 4.78 is 51.2. The van der Waals surface area contributed by atoms with E-state index >= 15 is 8.78 Å². The average molecular weight is 1140 g/mol. The minimum atomic E-state index is -0.490. The molecule has 0 aliphatic heterocycles. The van der Waals surface area contributed by atoms with Gasteiger partial charge in [0.05, 0.1) is 46.7 Å². The molecule has 0 radical (unpaired) electrons. The molecule has 8 aromatic carbocycles. The van der Waals surface area contributed by atoms with Gasteiger partial charge in [-0.15, -0.1) is 0 Å². The van der Waals surface area contributed by atoms with Crippen LogP contribution in [0.4, 0.5) is 8.78 Å². The van der Waals surface area contributed by atoms with Crippen molar-refractivity contribution in [2.24, 2.45) is 22.7 Å². The summed E-state index contributed by atoms with van der Waals surface area (Å²) in [6.45, 7) is 33.3. The standard InChI is InChI=1S/C77H86F2N2O4/c1-45-20-25-55-56-26-21-46(2)33-65(56)80(64(55)32-45)68-38-52(76(12,13)43-74(6,7)8)36-60(71(68)82)59-40-54(78)24-29-70(59)84-41-50-18-16-17-19-51(50)42-85-73-62(30-49(5)31-63(73)79)61-37-53(77(14,15)44-75(9,10)11)39-69(72(61)83)81-66-34-47(3)22-27-57(66)58-28-23-48(4)35-67(58)81/h20-40,50-51,82-83H,16-19,41-44H2,1-15H3/t50-,51-/m0/s1. The lowest BCUT2D eigenvalue weighted by Crippen LogP contribution is -2.30. The van der Waals surface area contributed by atoms with E-state index in [9.17, 15) is 10.2 Å². The van der Waals surface area contributed by atoms with E-state index in [1.54, 1.807) is 6.07 Å². The van der Waals surface area contributed by atoms with E-state index in [-0.39, 0.29) is 57.4 Å². The second kappa shape index (κ2) is 22.0. The van der Waals surface area contributed by atoms with Crippen LogP contribution in [0.5, 0.6) is 23.0 Å². The third-order valence-electron chi connectivity index (χ3n) is 18.0. The second-order valence-corrected chi connectivity index (χ2v) is 29.0. The number of fused-ring (bicyclic) bond motifs is 6. The molecule has 0 spiro atoms. The number of halogens is 2. The van der Waals surface area contributed by atoms with E-state index in [2.05, 4.69) is 197 Å². The zero-order chi connectivity index (χ0) is 60.8. The summed E-state index contributed by atoms with van der Waals surface area (Å²) in [5.41, 5.74) is 13.6. The quantitative estimate of drug-likeness (QED) is 0.114. The van der Waals surface area contributed by atoms with Gasteiger partial charge in [0.1, 0.15) is 23.1 Å². The number of hydrogen-bond donors (Lipinski definition) is 2. The molecule has 0 unspecified atom stereocenters. The van der Waals surface area contributed by atoms with E-state index in [1.807, 2.05) is 19.1 Å². The molecule has 0 bridgehead atoms.